The number of nitrogens with one attached hydrogen (secondary N) is 1. The second kappa shape index (κ2) is 4.33. The number of aromatic amines is 1. The Hall–Kier alpha value is -1.62. The van der Waals surface area contributed by atoms with Gasteiger partial charge >= 0.3 is 5.97 Å². The monoisotopic (exact) mass is 294 g/mol. The Kier molecular flexibility index (Phi) is 3.02. The van der Waals surface area contributed by atoms with Crippen LogP contribution in [0.1, 0.15) is 21.6 Å². The van der Waals surface area contributed by atoms with Crippen LogP contribution in [0.2, 0.25) is 0 Å². The molecule has 88 valence electrons. The van der Waals surface area contributed by atoms with E-state index in [-0.39, 0.29) is 5.69 Å². The summed E-state index contributed by atoms with van der Waals surface area (Å²) in [5.41, 5.74) is 3.92. The fourth-order valence-electron chi connectivity index (χ4n) is 1.54. The van der Waals surface area contributed by atoms with E-state index >= 15 is 0 Å². The van der Waals surface area contributed by atoms with E-state index in [9.17, 15) is 4.79 Å². The maximum absolute atomic E-state index is 10.8. The number of aromatic carboxylic acids is 1. The van der Waals surface area contributed by atoms with Crippen LogP contribution in [-0.4, -0.2) is 21.3 Å². The van der Waals surface area contributed by atoms with Crippen LogP contribution in [0, 0.1) is 13.8 Å². The minimum atomic E-state index is -1.01. The van der Waals surface area contributed by atoms with Crippen molar-refractivity contribution in [3.63, 3.8) is 0 Å². The Labute approximate surface area is 107 Å². The molecule has 0 aliphatic carbocycles. The lowest BCUT2D eigenvalue weighted by atomic mass is 10.0. The number of carboxylic acids is 1. The number of H-pyrrole nitrogens is 1. The molecule has 0 fully saturated rings. The lowest BCUT2D eigenvalue weighted by molar-refractivity contribution is 0.0690. The number of aromatic nitrogens is 2. The number of nitrogens with zero attached hydrogens (tertiary/aromatic N) is 1. The van der Waals surface area contributed by atoms with E-state index in [1.54, 1.807) is 0 Å². The number of halogens is 1. The largest absolute Gasteiger partial charge is 0.477 e. The van der Waals surface area contributed by atoms with Crippen molar-refractivity contribution >= 4 is 21.9 Å². The molecule has 0 atom stereocenters. The highest BCUT2D eigenvalue weighted by atomic mass is 79.9. The van der Waals surface area contributed by atoms with Gasteiger partial charge < -0.3 is 5.11 Å². The smallest absolute Gasteiger partial charge is 0.353 e. The molecule has 0 radical (unpaired) electrons. The standard InChI is InChI=1S/C12H11BrN2O2/c1-6-3-8(4-9(13)7(6)2)10-5-11(12(16)17)15-14-10/h3-5H,1-2H3,(H,14,15)(H,16,17). The van der Waals surface area contributed by atoms with Gasteiger partial charge in [0.2, 0.25) is 0 Å². The third kappa shape index (κ3) is 2.24. The summed E-state index contributed by atoms with van der Waals surface area (Å²) < 4.78 is 0.993. The van der Waals surface area contributed by atoms with Crippen molar-refractivity contribution in [2.75, 3.05) is 0 Å². The first-order chi connectivity index (χ1) is 7.99. The van der Waals surface area contributed by atoms with Gasteiger partial charge in [0.25, 0.3) is 0 Å². The van der Waals surface area contributed by atoms with Crippen LogP contribution in [0.25, 0.3) is 11.3 Å². The molecule has 17 heavy (non-hydrogen) atoms. The number of aryl methyl sites for hydroxylation is 1. The van der Waals surface area contributed by atoms with Crippen LogP contribution in [0.3, 0.4) is 0 Å². The van der Waals surface area contributed by atoms with Crippen LogP contribution < -0.4 is 0 Å². The molecule has 2 aromatic rings. The van der Waals surface area contributed by atoms with Crippen molar-refractivity contribution in [1.29, 1.82) is 0 Å². The summed E-state index contributed by atoms with van der Waals surface area (Å²) in [6.07, 6.45) is 0. The second-order valence-electron chi connectivity index (χ2n) is 3.87. The number of carbonyl (C=O) groups is 1. The lowest BCUT2D eigenvalue weighted by Gasteiger charge is -2.05. The quantitative estimate of drug-likeness (QED) is 0.894. The van der Waals surface area contributed by atoms with Crippen LogP contribution in [0.5, 0.6) is 0 Å². The van der Waals surface area contributed by atoms with E-state index in [1.165, 1.54) is 11.6 Å². The molecule has 0 bridgehead atoms. The van der Waals surface area contributed by atoms with Gasteiger partial charge in [-0.2, -0.15) is 5.10 Å². The first kappa shape index (κ1) is 11.9. The van der Waals surface area contributed by atoms with Gasteiger partial charge in [0.05, 0.1) is 5.69 Å². The van der Waals surface area contributed by atoms with Crippen LogP contribution in [-0.2, 0) is 0 Å². The van der Waals surface area contributed by atoms with Gasteiger partial charge in [-0.15, -0.1) is 0 Å². The number of hydrogen-bond acceptors (Lipinski definition) is 2. The molecule has 1 heterocycles. The maximum atomic E-state index is 10.8. The topological polar surface area (TPSA) is 66.0 Å². The van der Waals surface area contributed by atoms with Crippen molar-refractivity contribution in [1.82, 2.24) is 10.2 Å². The Morgan fingerprint density at radius 2 is 2.06 bits per heavy atom. The molecule has 0 spiro atoms. The number of carboxylic acid groups (broad SMARTS) is 1. The zero-order valence-electron chi connectivity index (χ0n) is 9.41. The average molecular weight is 295 g/mol. The SMILES string of the molecule is Cc1cc(-c2cc(C(=O)O)[nH]n2)cc(Br)c1C. The number of benzene rings is 1. The molecule has 5 heteroatoms. The molecule has 0 saturated carbocycles. The number of hydrogen-bond donors (Lipinski definition) is 2. The van der Waals surface area contributed by atoms with Crippen molar-refractivity contribution in [3.8, 4) is 11.3 Å². The highest BCUT2D eigenvalue weighted by molar-refractivity contribution is 9.10. The summed E-state index contributed by atoms with van der Waals surface area (Å²) in [4.78, 5) is 10.8. The van der Waals surface area contributed by atoms with E-state index in [0.29, 0.717) is 5.69 Å². The molecule has 2 N–H and O–H groups in total. The first-order valence-corrected chi connectivity index (χ1v) is 5.84. The van der Waals surface area contributed by atoms with Gasteiger partial charge in [0.1, 0.15) is 5.69 Å². The molecule has 1 aromatic carbocycles. The van der Waals surface area contributed by atoms with Crippen molar-refractivity contribution in [2.24, 2.45) is 0 Å². The Balaban J connectivity index is 2.49. The van der Waals surface area contributed by atoms with Gasteiger partial charge in [-0.1, -0.05) is 15.9 Å². The summed E-state index contributed by atoms with van der Waals surface area (Å²) in [5, 5.41) is 15.3. The molecule has 0 amide bonds. The zero-order valence-corrected chi connectivity index (χ0v) is 11.0. The molecular weight excluding hydrogens is 284 g/mol. The predicted molar refractivity (Wildman–Crippen MR) is 68.2 cm³/mol. The van der Waals surface area contributed by atoms with E-state index in [4.69, 9.17) is 5.11 Å². The van der Waals surface area contributed by atoms with Gasteiger partial charge in [0, 0.05) is 10.0 Å². The van der Waals surface area contributed by atoms with E-state index in [0.717, 1.165) is 15.6 Å². The minimum Gasteiger partial charge on any atom is -0.477 e. The summed E-state index contributed by atoms with van der Waals surface area (Å²) >= 11 is 3.48. The summed E-state index contributed by atoms with van der Waals surface area (Å²) in [7, 11) is 0. The minimum absolute atomic E-state index is 0.0920. The Bertz CT molecular complexity index is 567. The fourth-order valence-corrected chi connectivity index (χ4v) is 2.10. The van der Waals surface area contributed by atoms with Gasteiger partial charge in [-0.3, -0.25) is 5.10 Å². The lowest BCUT2D eigenvalue weighted by Crippen LogP contribution is -1.95. The van der Waals surface area contributed by atoms with Crippen LogP contribution in [0.15, 0.2) is 22.7 Å². The normalized spacial score (nSPS) is 10.5. The maximum Gasteiger partial charge on any atom is 0.353 e. The predicted octanol–water partition coefficient (Wildman–Crippen LogP) is 3.15. The molecule has 0 aliphatic rings. The molecule has 1 aromatic heterocycles. The van der Waals surface area contributed by atoms with E-state index in [1.807, 2.05) is 26.0 Å². The molecule has 4 nitrogen and oxygen atoms in total. The third-order valence-electron chi connectivity index (χ3n) is 2.71. The van der Waals surface area contributed by atoms with E-state index < -0.39 is 5.97 Å². The molecule has 2 rings (SSSR count). The highest BCUT2D eigenvalue weighted by Gasteiger charge is 2.11. The zero-order chi connectivity index (χ0) is 12.6. The van der Waals surface area contributed by atoms with Crippen LogP contribution >= 0.6 is 15.9 Å². The van der Waals surface area contributed by atoms with Crippen molar-refractivity contribution in [2.45, 2.75) is 13.8 Å². The summed E-state index contributed by atoms with van der Waals surface area (Å²) in [5.74, 6) is -1.01. The van der Waals surface area contributed by atoms with Crippen molar-refractivity contribution in [3.05, 3.63) is 39.5 Å². The first-order valence-electron chi connectivity index (χ1n) is 5.05. The van der Waals surface area contributed by atoms with Crippen LogP contribution in [0.4, 0.5) is 0 Å². The second-order valence-corrected chi connectivity index (χ2v) is 4.73. The van der Waals surface area contributed by atoms with Gasteiger partial charge in [-0.25, -0.2) is 4.79 Å². The summed E-state index contributed by atoms with van der Waals surface area (Å²) in [6.45, 7) is 4.03. The Morgan fingerprint density at radius 1 is 1.35 bits per heavy atom. The average Bonchev–Trinajstić information content (AvgIpc) is 2.74. The molecular formula is C12H11BrN2O2. The summed E-state index contributed by atoms with van der Waals surface area (Å²) in [6, 6.07) is 5.45. The van der Waals surface area contributed by atoms with Gasteiger partial charge in [-0.05, 0) is 43.2 Å². The molecule has 0 saturated heterocycles. The van der Waals surface area contributed by atoms with E-state index in [2.05, 4.69) is 26.1 Å². The highest BCUT2D eigenvalue weighted by Crippen LogP contribution is 2.27. The third-order valence-corrected chi connectivity index (χ3v) is 3.53. The fraction of sp³-hybridized carbons (Fsp3) is 0.167. The van der Waals surface area contributed by atoms with Gasteiger partial charge in [0.15, 0.2) is 0 Å². The molecule has 0 unspecified atom stereocenters. The van der Waals surface area contributed by atoms with Crippen molar-refractivity contribution < 1.29 is 9.90 Å². The Morgan fingerprint density at radius 3 is 2.59 bits per heavy atom. The molecule has 0 aliphatic heterocycles. The number of rotatable bonds is 2.